The normalized spacial score (nSPS) is 12.1. The summed E-state index contributed by atoms with van der Waals surface area (Å²) in [6, 6.07) is 1.58. The number of ether oxygens (including phenoxy) is 3. The van der Waals surface area contributed by atoms with Crippen LogP contribution in [-0.2, 0) is 0 Å². The van der Waals surface area contributed by atoms with E-state index in [0.29, 0.717) is 42.1 Å². The number of hydrogen-bond acceptors (Lipinski definition) is 4. The van der Waals surface area contributed by atoms with Gasteiger partial charge in [0.05, 0.1) is 24.8 Å². The first-order valence-electron chi connectivity index (χ1n) is 6.57. The average molecular weight is 288 g/mol. The van der Waals surface area contributed by atoms with Crippen LogP contribution in [0.15, 0.2) is 6.07 Å². The zero-order valence-corrected chi connectivity index (χ0v) is 12.7. The Morgan fingerprint density at radius 3 is 1.95 bits per heavy atom. The van der Waals surface area contributed by atoms with Crippen molar-refractivity contribution in [3.8, 4) is 17.2 Å². The third-order valence-electron chi connectivity index (χ3n) is 2.53. The predicted octanol–water partition coefficient (Wildman–Crippen LogP) is 3.56. The molecule has 5 heteroatoms. The molecule has 4 nitrogen and oxygen atoms in total. The van der Waals surface area contributed by atoms with E-state index in [4.69, 9.17) is 31.5 Å². The van der Waals surface area contributed by atoms with Crippen LogP contribution in [0, 0.1) is 0 Å². The molecule has 19 heavy (non-hydrogen) atoms. The minimum Gasteiger partial charge on any atom is -0.489 e. The molecule has 1 aromatic carbocycles. The van der Waals surface area contributed by atoms with Crippen LogP contribution >= 0.6 is 11.6 Å². The Labute approximate surface area is 119 Å². The molecule has 0 bridgehead atoms. The van der Waals surface area contributed by atoms with Crippen LogP contribution in [0.4, 0.5) is 0 Å². The molecule has 0 amide bonds. The summed E-state index contributed by atoms with van der Waals surface area (Å²) in [6.45, 7) is 9.11. The lowest BCUT2D eigenvalue weighted by Gasteiger charge is -2.21. The predicted molar refractivity (Wildman–Crippen MR) is 77.6 cm³/mol. The molecule has 0 aromatic heterocycles. The molecule has 1 unspecified atom stereocenters. The van der Waals surface area contributed by atoms with Crippen LogP contribution in [0.3, 0.4) is 0 Å². The number of rotatable bonds is 7. The molecule has 1 rings (SSSR count). The number of nitrogens with two attached hydrogens (primary N) is 1. The summed E-state index contributed by atoms with van der Waals surface area (Å²) >= 11 is 6.25. The zero-order valence-electron chi connectivity index (χ0n) is 12.0. The largest absolute Gasteiger partial charge is 0.489 e. The molecule has 0 saturated heterocycles. The minimum absolute atomic E-state index is 0.200. The summed E-state index contributed by atoms with van der Waals surface area (Å²) in [5.41, 5.74) is 6.79. The molecule has 2 N–H and O–H groups in total. The van der Waals surface area contributed by atoms with Crippen molar-refractivity contribution < 1.29 is 14.2 Å². The second-order valence-corrected chi connectivity index (χ2v) is 4.43. The summed E-state index contributed by atoms with van der Waals surface area (Å²) in [7, 11) is 0. The Morgan fingerprint density at radius 1 is 1.00 bits per heavy atom. The van der Waals surface area contributed by atoms with Gasteiger partial charge in [0, 0.05) is 11.6 Å². The van der Waals surface area contributed by atoms with Gasteiger partial charge < -0.3 is 19.9 Å². The molecule has 0 heterocycles. The third kappa shape index (κ3) is 3.67. The number of benzene rings is 1. The minimum atomic E-state index is -0.200. The van der Waals surface area contributed by atoms with Crippen LogP contribution in [0.25, 0.3) is 0 Å². The van der Waals surface area contributed by atoms with Crippen molar-refractivity contribution in [1.29, 1.82) is 0 Å². The SMILES string of the molecule is CCOc1c(Cl)cc(C(C)N)c(OCC)c1OCC. The molecule has 0 saturated carbocycles. The maximum atomic E-state index is 6.25. The molecule has 0 aliphatic rings. The molecule has 0 spiro atoms. The van der Waals surface area contributed by atoms with E-state index in [1.165, 1.54) is 0 Å². The van der Waals surface area contributed by atoms with Gasteiger partial charge in [-0.2, -0.15) is 0 Å². The van der Waals surface area contributed by atoms with E-state index in [-0.39, 0.29) is 6.04 Å². The monoisotopic (exact) mass is 287 g/mol. The van der Waals surface area contributed by atoms with Crippen molar-refractivity contribution in [3.63, 3.8) is 0 Å². The van der Waals surface area contributed by atoms with Crippen LogP contribution < -0.4 is 19.9 Å². The standard InChI is InChI=1S/C14H22ClNO3/c1-5-17-12-10(9(4)16)8-11(15)13(18-6-2)14(12)19-7-3/h8-9H,5-7,16H2,1-4H3. The summed E-state index contributed by atoms with van der Waals surface area (Å²) in [5, 5.41) is 0.487. The second-order valence-electron chi connectivity index (χ2n) is 4.02. The average Bonchev–Trinajstić information content (AvgIpc) is 2.36. The summed E-state index contributed by atoms with van der Waals surface area (Å²) in [4.78, 5) is 0. The van der Waals surface area contributed by atoms with E-state index in [1.807, 2.05) is 27.7 Å². The van der Waals surface area contributed by atoms with Gasteiger partial charge in [-0.3, -0.25) is 0 Å². The fraction of sp³-hybridized carbons (Fsp3) is 0.571. The fourth-order valence-electron chi connectivity index (χ4n) is 1.80. The van der Waals surface area contributed by atoms with Gasteiger partial charge in [-0.15, -0.1) is 0 Å². The molecule has 0 radical (unpaired) electrons. The van der Waals surface area contributed by atoms with Crippen molar-refractivity contribution >= 4 is 11.6 Å². The highest BCUT2D eigenvalue weighted by Crippen LogP contribution is 2.46. The van der Waals surface area contributed by atoms with Crippen LogP contribution in [0.5, 0.6) is 17.2 Å². The van der Waals surface area contributed by atoms with E-state index in [2.05, 4.69) is 0 Å². The first-order valence-corrected chi connectivity index (χ1v) is 6.94. The van der Waals surface area contributed by atoms with Crippen molar-refractivity contribution in [3.05, 3.63) is 16.7 Å². The van der Waals surface area contributed by atoms with Gasteiger partial charge in [0.25, 0.3) is 0 Å². The molecular formula is C14H22ClNO3. The van der Waals surface area contributed by atoms with Gasteiger partial charge >= 0.3 is 0 Å². The molecule has 0 fully saturated rings. The lowest BCUT2D eigenvalue weighted by atomic mass is 10.1. The first-order chi connectivity index (χ1) is 9.06. The lowest BCUT2D eigenvalue weighted by molar-refractivity contribution is 0.258. The van der Waals surface area contributed by atoms with E-state index >= 15 is 0 Å². The first kappa shape index (κ1) is 15.9. The highest BCUT2D eigenvalue weighted by molar-refractivity contribution is 6.32. The van der Waals surface area contributed by atoms with Gasteiger partial charge in [-0.05, 0) is 33.8 Å². The zero-order chi connectivity index (χ0) is 14.4. The van der Waals surface area contributed by atoms with E-state index in [1.54, 1.807) is 6.07 Å². The van der Waals surface area contributed by atoms with Gasteiger partial charge in [0.15, 0.2) is 11.5 Å². The second kappa shape index (κ2) is 7.46. The quantitative estimate of drug-likeness (QED) is 0.833. The Hall–Kier alpha value is -1.13. The van der Waals surface area contributed by atoms with Crippen LogP contribution in [0.2, 0.25) is 5.02 Å². The van der Waals surface area contributed by atoms with Crippen molar-refractivity contribution in [2.24, 2.45) is 5.73 Å². The van der Waals surface area contributed by atoms with Crippen molar-refractivity contribution in [2.45, 2.75) is 33.7 Å². The Bertz CT molecular complexity index is 422. The Kier molecular flexibility index (Phi) is 6.25. The van der Waals surface area contributed by atoms with Gasteiger partial charge in [0.2, 0.25) is 5.75 Å². The molecule has 0 aliphatic carbocycles. The highest BCUT2D eigenvalue weighted by atomic mass is 35.5. The number of hydrogen-bond donors (Lipinski definition) is 1. The van der Waals surface area contributed by atoms with E-state index in [9.17, 15) is 0 Å². The highest BCUT2D eigenvalue weighted by Gasteiger charge is 2.22. The van der Waals surface area contributed by atoms with Gasteiger partial charge in [-0.1, -0.05) is 11.6 Å². The maximum absolute atomic E-state index is 6.25. The molecule has 1 atom stereocenters. The maximum Gasteiger partial charge on any atom is 0.205 e. The van der Waals surface area contributed by atoms with Crippen LogP contribution in [0.1, 0.15) is 39.3 Å². The topological polar surface area (TPSA) is 53.7 Å². The summed E-state index contributed by atoms with van der Waals surface area (Å²) in [6.07, 6.45) is 0. The number of halogens is 1. The van der Waals surface area contributed by atoms with Crippen molar-refractivity contribution in [1.82, 2.24) is 0 Å². The van der Waals surface area contributed by atoms with Gasteiger partial charge in [0.1, 0.15) is 0 Å². The van der Waals surface area contributed by atoms with E-state index < -0.39 is 0 Å². The molecule has 108 valence electrons. The molecule has 0 aliphatic heterocycles. The van der Waals surface area contributed by atoms with Crippen LogP contribution in [-0.4, -0.2) is 19.8 Å². The summed E-state index contributed by atoms with van der Waals surface area (Å²) in [5.74, 6) is 1.66. The van der Waals surface area contributed by atoms with Gasteiger partial charge in [-0.25, -0.2) is 0 Å². The molecule has 1 aromatic rings. The van der Waals surface area contributed by atoms with Crippen molar-refractivity contribution in [2.75, 3.05) is 19.8 Å². The smallest absolute Gasteiger partial charge is 0.205 e. The van der Waals surface area contributed by atoms with E-state index in [0.717, 1.165) is 5.56 Å². The Balaban J connectivity index is 3.45. The lowest BCUT2D eigenvalue weighted by Crippen LogP contribution is -2.11. The third-order valence-corrected chi connectivity index (χ3v) is 2.81. The Morgan fingerprint density at radius 2 is 1.47 bits per heavy atom. The fourth-order valence-corrected chi connectivity index (χ4v) is 2.05. The summed E-state index contributed by atoms with van der Waals surface area (Å²) < 4.78 is 16.9. The molecular weight excluding hydrogens is 266 g/mol.